The molecule has 8 heteroatoms. The minimum atomic E-state index is -4.90. The lowest BCUT2D eigenvalue weighted by Gasteiger charge is -2.17. The molecule has 0 radical (unpaired) electrons. The molecule has 0 aliphatic rings. The summed E-state index contributed by atoms with van der Waals surface area (Å²) in [5.74, 6) is -2.41. The topological polar surface area (TPSA) is 52.6 Å². The van der Waals surface area contributed by atoms with Gasteiger partial charge in [0.2, 0.25) is 0 Å². The number of hydrogen-bond donors (Lipinski definition) is 0. The monoisotopic (exact) mass is 540 g/mol. The molecule has 204 valence electrons. The first-order chi connectivity index (χ1) is 18.6. The first-order valence-electron chi connectivity index (χ1n) is 12.3. The highest BCUT2D eigenvalue weighted by atomic mass is 19.4. The predicted octanol–water partition coefficient (Wildman–Crippen LogP) is 7.50. The highest BCUT2D eigenvalue weighted by molar-refractivity contribution is 5.81. The van der Waals surface area contributed by atoms with Crippen molar-refractivity contribution in [1.29, 1.82) is 0 Å². The third-order valence-electron chi connectivity index (χ3n) is 5.99. The largest absolute Gasteiger partial charge is 0.463 e. The van der Waals surface area contributed by atoms with Crippen LogP contribution < -0.4 is 0 Å². The van der Waals surface area contributed by atoms with Crippen LogP contribution in [0, 0.1) is 5.82 Å². The van der Waals surface area contributed by atoms with E-state index in [9.17, 15) is 22.8 Å². The van der Waals surface area contributed by atoms with Gasteiger partial charge >= 0.3 is 18.1 Å². The van der Waals surface area contributed by atoms with Crippen molar-refractivity contribution < 1.29 is 36.6 Å². The van der Waals surface area contributed by atoms with Crippen molar-refractivity contribution in [2.24, 2.45) is 0 Å². The lowest BCUT2D eigenvalue weighted by Crippen LogP contribution is -2.10. The summed E-state index contributed by atoms with van der Waals surface area (Å²) >= 11 is 0. The second kappa shape index (κ2) is 13.6. The van der Waals surface area contributed by atoms with Gasteiger partial charge < -0.3 is 9.47 Å². The lowest BCUT2D eigenvalue weighted by atomic mass is 9.91. The molecule has 0 fully saturated rings. The van der Waals surface area contributed by atoms with Crippen molar-refractivity contribution in [3.63, 3.8) is 0 Å². The number of ether oxygens (including phenoxy) is 2. The van der Waals surface area contributed by atoms with E-state index in [1.165, 1.54) is 6.07 Å². The quantitative estimate of drug-likeness (QED) is 0.103. The molecule has 0 bridgehead atoms. The van der Waals surface area contributed by atoms with Gasteiger partial charge in [-0.05, 0) is 65.6 Å². The van der Waals surface area contributed by atoms with E-state index >= 15 is 4.39 Å². The summed E-state index contributed by atoms with van der Waals surface area (Å²) in [6.07, 6.45) is -0.769. The fourth-order valence-electron chi connectivity index (χ4n) is 4.07. The molecule has 0 unspecified atom stereocenters. The number of benzene rings is 3. The number of alkyl halides is 3. The Morgan fingerprint density at radius 2 is 1.36 bits per heavy atom. The molecule has 3 aromatic carbocycles. The van der Waals surface area contributed by atoms with Crippen molar-refractivity contribution >= 4 is 11.9 Å². The zero-order valence-electron chi connectivity index (χ0n) is 21.2. The van der Waals surface area contributed by atoms with Crippen molar-refractivity contribution in [3.05, 3.63) is 108 Å². The van der Waals surface area contributed by atoms with Crippen LogP contribution in [-0.4, -0.2) is 25.2 Å². The van der Waals surface area contributed by atoms with E-state index < -0.39 is 29.5 Å². The number of halogens is 4. The first-order valence-corrected chi connectivity index (χ1v) is 12.3. The number of hydrogen-bond acceptors (Lipinski definition) is 4. The van der Waals surface area contributed by atoms with E-state index in [2.05, 4.69) is 13.2 Å². The third-order valence-corrected chi connectivity index (χ3v) is 5.99. The minimum absolute atomic E-state index is 0.130. The highest BCUT2D eigenvalue weighted by Crippen LogP contribution is 2.40. The Morgan fingerprint density at radius 3 is 1.95 bits per heavy atom. The highest BCUT2D eigenvalue weighted by Gasteiger charge is 2.36. The van der Waals surface area contributed by atoms with Gasteiger partial charge in [0.25, 0.3) is 0 Å². The van der Waals surface area contributed by atoms with Crippen LogP contribution in [0.3, 0.4) is 0 Å². The number of rotatable bonds is 12. The zero-order chi connectivity index (χ0) is 28.4. The molecule has 0 heterocycles. The van der Waals surface area contributed by atoms with Crippen LogP contribution in [0.5, 0.6) is 0 Å². The average Bonchev–Trinajstić information content (AvgIpc) is 2.93. The summed E-state index contributed by atoms with van der Waals surface area (Å²) in [6.45, 7) is 6.99. The van der Waals surface area contributed by atoms with Crippen molar-refractivity contribution in [2.75, 3.05) is 13.2 Å². The van der Waals surface area contributed by atoms with Gasteiger partial charge in [0, 0.05) is 17.7 Å². The van der Waals surface area contributed by atoms with E-state index in [4.69, 9.17) is 9.47 Å². The minimum Gasteiger partial charge on any atom is -0.463 e. The summed E-state index contributed by atoms with van der Waals surface area (Å²) in [5.41, 5.74) is 1.15. The molecule has 0 aromatic heterocycles. The molecule has 0 amide bonds. The molecule has 39 heavy (non-hydrogen) atoms. The fraction of sp³-hybridized carbons (Fsp3) is 0.226. The fourth-order valence-corrected chi connectivity index (χ4v) is 4.07. The van der Waals surface area contributed by atoms with E-state index in [0.29, 0.717) is 36.8 Å². The summed E-state index contributed by atoms with van der Waals surface area (Å²) in [4.78, 5) is 22.4. The summed E-state index contributed by atoms with van der Waals surface area (Å²) in [5, 5.41) is 0. The van der Waals surface area contributed by atoms with Crippen LogP contribution in [0.1, 0.15) is 29.5 Å². The van der Waals surface area contributed by atoms with Gasteiger partial charge in [-0.15, -0.1) is 0 Å². The zero-order valence-corrected chi connectivity index (χ0v) is 21.2. The molecule has 3 aromatic rings. The van der Waals surface area contributed by atoms with Crippen LogP contribution >= 0.6 is 0 Å². The van der Waals surface area contributed by atoms with Gasteiger partial charge in [0.1, 0.15) is 5.82 Å². The summed E-state index contributed by atoms with van der Waals surface area (Å²) < 4.78 is 66.8. The predicted molar refractivity (Wildman–Crippen MR) is 141 cm³/mol. The van der Waals surface area contributed by atoms with Gasteiger partial charge in [0.15, 0.2) is 0 Å². The molecule has 0 atom stereocenters. The van der Waals surface area contributed by atoms with Gasteiger partial charge in [-0.2, -0.15) is 13.2 Å². The Morgan fingerprint density at radius 1 is 0.769 bits per heavy atom. The van der Waals surface area contributed by atoms with E-state index in [1.807, 2.05) is 0 Å². The van der Waals surface area contributed by atoms with Crippen LogP contribution in [0.15, 0.2) is 86.0 Å². The SMILES string of the molecule is C=CC(=O)OCCCc1ccc(-c2cc(-c3ccccc3CCCOC(=O)C=C)cc(C(F)(F)F)c2F)cc1. The maximum Gasteiger partial charge on any atom is 0.419 e. The molecule has 0 aliphatic heterocycles. The average molecular weight is 541 g/mol. The second-order valence-electron chi connectivity index (χ2n) is 8.69. The van der Waals surface area contributed by atoms with Gasteiger partial charge in [-0.3, -0.25) is 0 Å². The number of aryl methyl sites for hydroxylation is 2. The van der Waals surface area contributed by atoms with Gasteiger partial charge in [-0.1, -0.05) is 61.7 Å². The third kappa shape index (κ3) is 8.14. The Balaban J connectivity index is 1.90. The Hall–Kier alpha value is -4.20. The molecule has 0 N–H and O–H groups in total. The molecule has 3 rings (SSSR count). The lowest BCUT2D eigenvalue weighted by molar-refractivity contribution is -0.140. The molecule has 0 spiro atoms. The van der Waals surface area contributed by atoms with Gasteiger partial charge in [-0.25, -0.2) is 14.0 Å². The smallest absolute Gasteiger partial charge is 0.419 e. The Bertz CT molecular complexity index is 1330. The Labute approximate surface area is 224 Å². The number of esters is 2. The van der Waals surface area contributed by atoms with E-state index in [1.54, 1.807) is 48.5 Å². The molecule has 4 nitrogen and oxygen atoms in total. The van der Waals surface area contributed by atoms with E-state index in [0.717, 1.165) is 29.3 Å². The van der Waals surface area contributed by atoms with Crippen LogP contribution in [-0.2, 0) is 38.1 Å². The van der Waals surface area contributed by atoms with Crippen molar-refractivity contribution in [2.45, 2.75) is 31.9 Å². The first kappa shape index (κ1) is 29.4. The van der Waals surface area contributed by atoms with Crippen LogP contribution in [0.4, 0.5) is 17.6 Å². The molecule has 0 saturated heterocycles. The summed E-state index contributed by atoms with van der Waals surface area (Å²) in [6, 6.07) is 15.8. The molecule has 0 saturated carbocycles. The van der Waals surface area contributed by atoms with Gasteiger partial charge in [0.05, 0.1) is 18.8 Å². The second-order valence-corrected chi connectivity index (χ2v) is 8.69. The molecule has 0 aliphatic carbocycles. The van der Waals surface area contributed by atoms with Crippen LogP contribution in [0.2, 0.25) is 0 Å². The standard InChI is InChI=1S/C31H28F4O4/c1-3-28(36)38-17-7-9-21-13-15-23(16-14-21)26-19-24(20-27(30(26)32)31(33,34)35)25-12-6-5-10-22(25)11-8-18-39-29(37)4-2/h3-6,10,12-16,19-20H,1-2,7-9,11,17-18H2. The van der Waals surface area contributed by atoms with Crippen molar-refractivity contribution in [3.8, 4) is 22.3 Å². The molecular formula is C31H28F4O4. The number of carbonyl (C=O) groups is 2. The van der Waals surface area contributed by atoms with E-state index in [-0.39, 0.29) is 24.3 Å². The Kier molecular flexibility index (Phi) is 10.2. The maximum atomic E-state index is 15.2. The number of carbonyl (C=O) groups excluding carboxylic acids is 2. The van der Waals surface area contributed by atoms with Crippen LogP contribution in [0.25, 0.3) is 22.3 Å². The maximum absolute atomic E-state index is 15.2. The molecular weight excluding hydrogens is 512 g/mol. The normalized spacial score (nSPS) is 11.1. The van der Waals surface area contributed by atoms with Crippen molar-refractivity contribution in [1.82, 2.24) is 0 Å². The summed E-state index contributed by atoms with van der Waals surface area (Å²) in [7, 11) is 0.